The first-order valence-electron chi connectivity index (χ1n) is 5.76. The number of benzene rings is 1. The fourth-order valence-electron chi connectivity index (χ4n) is 1.68. The number of anilines is 1. The summed E-state index contributed by atoms with van der Waals surface area (Å²) in [4.78, 5) is 11.5. The normalized spacial score (nSPS) is 10.1. The molecule has 0 atom stereocenters. The molecule has 0 fully saturated rings. The molecule has 1 amide bonds. The average molecular weight is 253 g/mol. The maximum Gasteiger partial charge on any atom is 0.283 e. The van der Waals surface area contributed by atoms with Crippen LogP contribution in [0.1, 0.15) is 25.0 Å². The van der Waals surface area contributed by atoms with E-state index < -0.39 is 0 Å². The summed E-state index contributed by atoms with van der Waals surface area (Å²) in [6, 6.07) is 3.87. The van der Waals surface area contributed by atoms with E-state index in [1.165, 1.54) is 11.8 Å². The van der Waals surface area contributed by atoms with Gasteiger partial charge in [0, 0.05) is 5.69 Å². The Morgan fingerprint density at radius 1 is 1.29 bits per heavy atom. The maximum atomic E-state index is 11.5. The van der Waals surface area contributed by atoms with Gasteiger partial charge in [-0.2, -0.15) is 0 Å². The molecular weight excluding hydrogens is 234 g/mol. The quantitative estimate of drug-likeness (QED) is 0.881. The Labute approximate surface area is 107 Å². The Hall–Kier alpha value is -1.16. The predicted octanol–water partition coefficient (Wildman–Crippen LogP) is 3.99. The summed E-state index contributed by atoms with van der Waals surface area (Å²) in [5.74, 6) is 1.69. The van der Waals surface area contributed by atoms with Crippen molar-refractivity contribution in [3.8, 4) is 5.75 Å². The predicted molar refractivity (Wildman–Crippen MR) is 74.2 cm³/mol. The average Bonchev–Trinajstić information content (AvgIpc) is 2.23. The Bertz CT molecular complexity index is 381. The van der Waals surface area contributed by atoms with E-state index in [1.54, 1.807) is 0 Å². The topological polar surface area (TPSA) is 38.3 Å². The van der Waals surface area contributed by atoms with E-state index in [0.29, 0.717) is 6.61 Å². The number of aryl methyl sites for hydroxylation is 2. The molecule has 0 heterocycles. The van der Waals surface area contributed by atoms with Crippen molar-refractivity contribution in [1.82, 2.24) is 0 Å². The minimum absolute atomic E-state index is 0.0181. The summed E-state index contributed by atoms with van der Waals surface area (Å²) in [5.41, 5.74) is 2.92. The molecule has 3 nitrogen and oxygen atoms in total. The van der Waals surface area contributed by atoms with Gasteiger partial charge >= 0.3 is 0 Å². The van der Waals surface area contributed by atoms with Crippen LogP contribution in [0.15, 0.2) is 12.1 Å². The van der Waals surface area contributed by atoms with Crippen LogP contribution in [0, 0.1) is 13.8 Å². The molecule has 0 bridgehead atoms. The first kappa shape index (κ1) is 13.9. The molecule has 0 saturated carbocycles. The summed E-state index contributed by atoms with van der Waals surface area (Å²) < 4.78 is 5.56. The van der Waals surface area contributed by atoms with Gasteiger partial charge in [-0.1, -0.05) is 18.7 Å². The van der Waals surface area contributed by atoms with Crippen LogP contribution in [0.2, 0.25) is 0 Å². The molecule has 1 N–H and O–H groups in total. The number of hydrogen-bond acceptors (Lipinski definition) is 3. The van der Waals surface area contributed by atoms with Gasteiger partial charge in [0.25, 0.3) is 5.24 Å². The molecule has 94 valence electrons. The first-order valence-corrected chi connectivity index (χ1v) is 6.74. The monoisotopic (exact) mass is 253 g/mol. The Kier molecular flexibility index (Phi) is 5.35. The van der Waals surface area contributed by atoms with Gasteiger partial charge in [0.1, 0.15) is 5.75 Å². The summed E-state index contributed by atoms with van der Waals surface area (Å²) in [6.07, 6.45) is 0. The van der Waals surface area contributed by atoms with Gasteiger partial charge in [0.15, 0.2) is 0 Å². The molecule has 1 rings (SSSR count). The van der Waals surface area contributed by atoms with Crippen molar-refractivity contribution >= 4 is 22.7 Å². The van der Waals surface area contributed by atoms with Crippen molar-refractivity contribution in [1.29, 1.82) is 0 Å². The van der Waals surface area contributed by atoms with E-state index in [-0.39, 0.29) is 5.24 Å². The van der Waals surface area contributed by atoms with Crippen LogP contribution in [0.4, 0.5) is 10.5 Å². The van der Waals surface area contributed by atoms with E-state index in [4.69, 9.17) is 4.74 Å². The number of nitrogens with one attached hydrogen (secondary N) is 1. The molecule has 0 aromatic heterocycles. The van der Waals surface area contributed by atoms with Crippen LogP contribution in [0.5, 0.6) is 5.75 Å². The number of hydrogen-bond donors (Lipinski definition) is 1. The smallest absolute Gasteiger partial charge is 0.283 e. The molecule has 0 saturated heterocycles. The zero-order chi connectivity index (χ0) is 12.8. The zero-order valence-corrected chi connectivity index (χ0v) is 11.6. The third-order valence-electron chi connectivity index (χ3n) is 2.27. The SMILES string of the molecule is CCOc1c(C)cc(NC(=O)SCC)cc1C. The van der Waals surface area contributed by atoms with Gasteiger partial charge in [-0.05, 0) is 49.8 Å². The molecular formula is C13H19NO2S. The molecule has 1 aromatic carbocycles. The van der Waals surface area contributed by atoms with Gasteiger partial charge in [-0.3, -0.25) is 4.79 Å². The van der Waals surface area contributed by atoms with Crippen LogP contribution < -0.4 is 10.1 Å². The van der Waals surface area contributed by atoms with Crippen molar-refractivity contribution < 1.29 is 9.53 Å². The summed E-state index contributed by atoms with van der Waals surface area (Å²) in [7, 11) is 0. The molecule has 0 unspecified atom stereocenters. The van der Waals surface area contributed by atoms with Crippen LogP contribution in [-0.4, -0.2) is 17.6 Å². The summed E-state index contributed by atoms with van der Waals surface area (Å²) in [6.45, 7) is 8.55. The minimum Gasteiger partial charge on any atom is -0.493 e. The lowest BCUT2D eigenvalue weighted by Crippen LogP contribution is -2.06. The lowest BCUT2D eigenvalue weighted by atomic mass is 10.1. The Balaban J connectivity index is 2.86. The van der Waals surface area contributed by atoms with Crippen molar-refractivity contribution in [3.63, 3.8) is 0 Å². The molecule has 0 radical (unpaired) electrons. The molecule has 17 heavy (non-hydrogen) atoms. The Morgan fingerprint density at radius 3 is 2.35 bits per heavy atom. The molecule has 0 aliphatic heterocycles. The summed E-state index contributed by atoms with van der Waals surface area (Å²) >= 11 is 1.27. The van der Waals surface area contributed by atoms with Crippen LogP contribution >= 0.6 is 11.8 Å². The van der Waals surface area contributed by atoms with Crippen LogP contribution in [0.3, 0.4) is 0 Å². The van der Waals surface area contributed by atoms with E-state index in [1.807, 2.05) is 39.8 Å². The van der Waals surface area contributed by atoms with Crippen molar-refractivity contribution in [2.75, 3.05) is 17.7 Å². The Morgan fingerprint density at radius 2 is 1.88 bits per heavy atom. The van der Waals surface area contributed by atoms with Crippen LogP contribution in [0.25, 0.3) is 0 Å². The third kappa shape index (κ3) is 3.97. The van der Waals surface area contributed by atoms with Crippen molar-refractivity contribution in [2.24, 2.45) is 0 Å². The van der Waals surface area contributed by atoms with Crippen LogP contribution in [-0.2, 0) is 0 Å². The second-order valence-electron chi connectivity index (χ2n) is 3.72. The van der Waals surface area contributed by atoms with Gasteiger partial charge in [0.05, 0.1) is 6.61 Å². The highest BCUT2D eigenvalue weighted by molar-refractivity contribution is 8.13. The van der Waals surface area contributed by atoms with Crippen molar-refractivity contribution in [3.05, 3.63) is 23.3 Å². The van der Waals surface area contributed by atoms with E-state index in [2.05, 4.69) is 5.32 Å². The number of ether oxygens (including phenoxy) is 1. The second kappa shape index (κ2) is 6.55. The molecule has 4 heteroatoms. The van der Waals surface area contributed by atoms with Gasteiger partial charge in [-0.25, -0.2) is 0 Å². The third-order valence-corrected chi connectivity index (χ3v) is 2.92. The van der Waals surface area contributed by atoms with E-state index >= 15 is 0 Å². The number of rotatable bonds is 4. The lowest BCUT2D eigenvalue weighted by Gasteiger charge is -2.13. The lowest BCUT2D eigenvalue weighted by molar-refractivity contribution is 0.270. The number of carbonyl (C=O) groups excluding carboxylic acids is 1. The summed E-state index contributed by atoms with van der Waals surface area (Å²) in [5, 5.41) is 2.84. The maximum absolute atomic E-state index is 11.5. The standard InChI is InChI=1S/C13H19NO2S/c1-5-16-12-9(3)7-11(8-10(12)4)14-13(15)17-6-2/h7-8H,5-6H2,1-4H3,(H,14,15). The number of thioether (sulfide) groups is 1. The largest absolute Gasteiger partial charge is 0.493 e. The second-order valence-corrected chi connectivity index (χ2v) is 4.95. The molecule has 0 aliphatic carbocycles. The van der Waals surface area contributed by atoms with Crippen molar-refractivity contribution in [2.45, 2.75) is 27.7 Å². The van der Waals surface area contributed by atoms with E-state index in [0.717, 1.165) is 28.3 Å². The molecule has 0 spiro atoms. The first-order chi connectivity index (χ1) is 8.08. The highest BCUT2D eigenvalue weighted by atomic mass is 32.2. The van der Waals surface area contributed by atoms with Gasteiger partial charge in [-0.15, -0.1) is 0 Å². The highest BCUT2D eigenvalue weighted by Crippen LogP contribution is 2.27. The fourth-order valence-corrected chi connectivity index (χ4v) is 2.13. The molecule has 0 aliphatic rings. The zero-order valence-electron chi connectivity index (χ0n) is 10.8. The van der Waals surface area contributed by atoms with E-state index in [9.17, 15) is 4.79 Å². The molecule has 1 aromatic rings. The van der Waals surface area contributed by atoms with Gasteiger partial charge < -0.3 is 10.1 Å². The number of amides is 1. The fraction of sp³-hybridized carbons (Fsp3) is 0.462. The van der Waals surface area contributed by atoms with Gasteiger partial charge in [0.2, 0.25) is 0 Å². The number of carbonyl (C=O) groups is 1. The minimum atomic E-state index is -0.0181. The highest BCUT2D eigenvalue weighted by Gasteiger charge is 2.08.